The first-order valence-corrected chi connectivity index (χ1v) is 6.65. The van der Waals surface area contributed by atoms with Crippen LogP contribution in [0.3, 0.4) is 0 Å². The van der Waals surface area contributed by atoms with Gasteiger partial charge in [-0.05, 0) is 49.0 Å². The standard InChI is InChI=1S/C14H14ClN3S/c1-10-12(15)6-4-7-13(10)18-14(19)17-9-11-5-2-3-8-16-11/h2-8H,9H2,1H3,(H2,17,18,19). The van der Waals surface area contributed by atoms with E-state index in [1.54, 1.807) is 6.20 Å². The zero-order valence-corrected chi connectivity index (χ0v) is 12.1. The molecule has 0 radical (unpaired) electrons. The van der Waals surface area contributed by atoms with E-state index in [0.717, 1.165) is 22.0 Å². The maximum absolute atomic E-state index is 6.06. The van der Waals surface area contributed by atoms with Crippen molar-refractivity contribution < 1.29 is 0 Å². The number of thiocarbonyl (C=S) groups is 1. The number of nitrogens with zero attached hydrogens (tertiary/aromatic N) is 1. The Hall–Kier alpha value is -1.65. The Labute approximate surface area is 123 Å². The predicted octanol–water partition coefficient (Wildman–Crippen LogP) is 3.53. The van der Waals surface area contributed by atoms with Gasteiger partial charge in [-0.25, -0.2) is 0 Å². The Morgan fingerprint density at radius 1 is 1.26 bits per heavy atom. The summed E-state index contributed by atoms with van der Waals surface area (Å²) < 4.78 is 0. The minimum atomic E-state index is 0.552. The first-order valence-electron chi connectivity index (χ1n) is 5.86. The summed E-state index contributed by atoms with van der Waals surface area (Å²) in [6.07, 6.45) is 1.76. The van der Waals surface area contributed by atoms with Gasteiger partial charge in [-0.3, -0.25) is 4.98 Å². The highest BCUT2D eigenvalue weighted by Crippen LogP contribution is 2.22. The van der Waals surface area contributed by atoms with Crippen molar-refractivity contribution in [3.05, 3.63) is 58.9 Å². The van der Waals surface area contributed by atoms with E-state index in [-0.39, 0.29) is 0 Å². The topological polar surface area (TPSA) is 37.0 Å². The van der Waals surface area contributed by atoms with Gasteiger partial charge in [0.1, 0.15) is 0 Å². The first-order chi connectivity index (χ1) is 9.16. The second kappa shape index (κ2) is 6.50. The van der Waals surface area contributed by atoms with Gasteiger partial charge < -0.3 is 10.6 Å². The summed E-state index contributed by atoms with van der Waals surface area (Å²) >= 11 is 11.3. The molecular formula is C14H14ClN3S. The molecule has 0 aliphatic rings. The van der Waals surface area contributed by atoms with Crippen LogP contribution < -0.4 is 10.6 Å². The van der Waals surface area contributed by atoms with Gasteiger partial charge in [0.25, 0.3) is 0 Å². The Bertz CT molecular complexity index is 572. The summed E-state index contributed by atoms with van der Waals surface area (Å²) in [5.74, 6) is 0. The molecule has 1 heterocycles. The summed E-state index contributed by atoms with van der Waals surface area (Å²) in [5, 5.41) is 7.51. The summed E-state index contributed by atoms with van der Waals surface area (Å²) in [7, 11) is 0. The van der Waals surface area contributed by atoms with Gasteiger partial charge in [0.2, 0.25) is 0 Å². The number of nitrogens with one attached hydrogen (secondary N) is 2. The normalized spacial score (nSPS) is 10.0. The van der Waals surface area contributed by atoms with E-state index in [4.69, 9.17) is 23.8 Å². The lowest BCUT2D eigenvalue weighted by Gasteiger charge is -2.12. The molecule has 98 valence electrons. The van der Waals surface area contributed by atoms with Crippen molar-refractivity contribution in [1.82, 2.24) is 10.3 Å². The van der Waals surface area contributed by atoms with Crippen LogP contribution in [0.1, 0.15) is 11.3 Å². The van der Waals surface area contributed by atoms with Crippen molar-refractivity contribution in [1.29, 1.82) is 0 Å². The molecule has 1 aromatic carbocycles. The summed E-state index contributed by atoms with van der Waals surface area (Å²) in [4.78, 5) is 4.22. The SMILES string of the molecule is Cc1c(Cl)cccc1NC(=S)NCc1ccccn1. The predicted molar refractivity (Wildman–Crippen MR) is 83.5 cm³/mol. The average Bonchev–Trinajstić information content (AvgIpc) is 2.43. The van der Waals surface area contributed by atoms with Crippen LogP contribution in [0.2, 0.25) is 5.02 Å². The summed E-state index contributed by atoms with van der Waals surface area (Å²) in [5.41, 5.74) is 2.83. The molecule has 0 atom stereocenters. The lowest BCUT2D eigenvalue weighted by Crippen LogP contribution is -2.28. The second-order valence-corrected chi connectivity index (χ2v) is 4.86. The molecule has 19 heavy (non-hydrogen) atoms. The lowest BCUT2D eigenvalue weighted by atomic mass is 10.2. The number of hydrogen-bond donors (Lipinski definition) is 2. The van der Waals surface area contributed by atoms with E-state index in [2.05, 4.69) is 15.6 Å². The van der Waals surface area contributed by atoms with Crippen LogP contribution in [0, 0.1) is 6.92 Å². The Balaban J connectivity index is 1.93. The van der Waals surface area contributed by atoms with Gasteiger partial charge in [-0.15, -0.1) is 0 Å². The number of halogens is 1. The number of pyridine rings is 1. The number of rotatable bonds is 3. The minimum absolute atomic E-state index is 0.552. The van der Waals surface area contributed by atoms with Gasteiger partial charge in [-0.1, -0.05) is 23.7 Å². The molecular weight excluding hydrogens is 278 g/mol. The van der Waals surface area contributed by atoms with Crippen LogP contribution in [-0.2, 0) is 6.54 Å². The molecule has 3 nitrogen and oxygen atoms in total. The van der Waals surface area contributed by atoms with Gasteiger partial charge in [0.15, 0.2) is 5.11 Å². The molecule has 0 unspecified atom stereocenters. The summed E-state index contributed by atoms with van der Waals surface area (Å²) in [6.45, 7) is 2.54. The highest BCUT2D eigenvalue weighted by molar-refractivity contribution is 7.80. The fraction of sp³-hybridized carbons (Fsp3) is 0.143. The Morgan fingerprint density at radius 2 is 2.11 bits per heavy atom. The van der Waals surface area contributed by atoms with Gasteiger partial charge in [-0.2, -0.15) is 0 Å². The van der Waals surface area contributed by atoms with E-state index in [9.17, 15) is 0 Å². The van der Waals surface area contributed by atoms with Gasteiger partial charge >= 0.3 is 0 Å². The number of anilines is 1. The maximum Gasteiger partial charge on any atom is 0.171 e. The minimum Gasteiger partial charge on any atom is -0.357 e. The molecule has 0 amide bonds. The Kier molecular flexibility index (Phi) is 4.71. The molecule has 1 aromatic heterocycles. The van der Waals surface area contributed by atoms with Crippen molar-refractivity contribution in [2.45, 2.75) is 13.5 Å². The van der Waals surface area contributed by atoms with Gasteiger partial charge in [0.05, 0.1) is 12.2 Å². The third-order valence-electron chi connectivity index (χ3n) is 2.67. The van der Waals surface area contributed by atoms with Crippen molar-refractivity contribution in [2.24, 2.45) is 0 Å². The van der Waals surface area contributed by atoms with E-state index in [1.165, 1.54) is 0 Å². The number of benzene rings is 1. The molecule has 5 heteroatoms. The molecule has 0 aliphatic heterocycles. The zero-order valence-electron chi connectivity index (χ0n) is 10.5. The fourth-order valence-corrected chi connectivity index (χ4v) is 1.94. The lowest BCUT2D eigenvalue weighted by molar-refractivity contribution is 0.882. The largest absolute Gasteiger partial charge is 0.357 e. The second-order valence-electron chi connectivity index (χ2n) is 4.04. The van der Waals surface area contributed by atoms with Crippen LogP contribution in [-0.4, -0.2) is 10.1 Å². The maximum atomic E-state index is 6.06. The van der Waals surface area contributed by atoms with E-state index < -0.39 is 0 Å². The highest BCUT2D eigenvalue weighted by atomic mass is 35.5. The number of aromatic nitrogens is 1. The molecule has 0 bridgehead atoms. The van der Waals surface area contributed by atoms with Crippen LogP contribution in [0.5, 0.6) is 0 Å². The quantitative estimate of drug-likeness (QED) is 0.848. The van der Waals surface area contributed by atoms with Crippen LogP contribution in [0.25, 0.3) is 0 Å². The van der Waals surface area contributed by atoms with E-state index in [1.807, 2.05) is 43.3 Å². The average molecular weight is 292 g/mol. The van der Waals surface area contributed by atoms with Crippen LogP contribution in [0.4, 0.5) is 5.69 Å². The third kappa shape index (κ3) is 3.91. The van der Waals surface area contributed by atoms with Crippen molar-refractivity contribution in [3.8, 4) is 0 Å². The molecule has 2 aromatic rings. The molecule has 2 rings (SSSR count). The van der Waals surface area contributed by atoms with Gasteiger partial charge in [0, 0.05) is 16.9 Å². The third-order valence-corrected chi connectivity index (χ3v) is 3.33. The van der Waals surface area contributed by atoms with Crippen molar-refractivity contribution >= 4 is 34.6 Å². The zero-order chi connectivity index (χ0) is 13.7. The molecule has 0 saturated heterocycles. The van der Waals surface area contributed by atoms with Crippen molar-refractivity contribution in [2.75, 3.05) is 5.32 Å². The molecule has 2 N–H and O–H groups in total. The fourth-order valence-electron chi connectivity index (χ4n) is 1.58. The van der Waals surface area contributed by atoms with Crippen molar-refractivity contribution in [3.63, 3.8) is 0 Å². The molecule has 0 saturated carbocycles. The number of hydrogen-bond acceptors (Lipinski definition) is 2. The first kappa shape index (κ1) is 13.8. The van der Waals surface area contributed by atoms with E-state index in [0.29, 0.717) is 11.7 Å². The monoisotopic (exact) mass is 291 g/mol. The molecule has 0 fully saturated rings. The van der Waals surface area contributed by atoms with Crippen LogP contribution >= 0.6 is 23.8 Å². The molecule has 0 aliphatic carbocycles. The highest BCUT2D eigenvalue weighted by Gasteiger charge is 2.03. The Morgan fingerprint density at radius 3 is 2.84 bits per heavy atom. The summed E-state index contributed by atoms with van der Waals surface area (Å²) in [6, 6.07) is 11.5. The van der Waals surface area contributed by atoms with Crippen LogP contribution in [0.15, 0.2) is 42.6 Å². The van der Waals surface area contributed by atoms with E-state index >= 15 is 0 Å². The smallest absolute Gasteiger partial charge is 0.171 e. The molecule has 0 spiro atoms.